The Bertz CT molecular complexity index is 338. The fraction of sp³-hybridized carbons (Fsp3) is 0.357. The smallest absolute Gasteiger partial charge is 0.119 e. The summed E-state index contributed by atoms with van der Waals surface area (Å²) in [5, 5.41) is 0. The van der Waals surface area contributed by atoms with E-state index >= 15 is 0 Å². The maximum Gasteiger partial charge on any atom is 0.119 e. The molecule has 0 aromatic rings. The fourth-order valence-corrected chi connectivity index (χ4v) is 1.00. The lowest BCUT2D eigenvalue weighted by Crippen LogP contribution is -1.77. The second-order valence-electron chi connectivity index (χ2n) is 2.97. The van der Waals surface area contributed by atoms with Gasteiger partial charge in [-0.25, -0.2) is 0 Å². The summed E-state index contributed by atoms with van der Waals surface area (Å²) >= 11 is 0. The summed E-state index contributed by atoms with van der Waals surface area (Å²) in [6, 6.07) is 0. The van der Waals surface area contributed by atoms with Gasteiger partial charge in [0.05, 0.1) is 0 Å². The molecule has 0 bridgehead atoms. The Balaban J connectivity index is 3.55. The van der Waals surface area contributed by atoms with Crippen molar-refractivity contribution in [2.24, 2.45) is 0 Å². The Morgan fingerprint density at radius 2 is 1.87 bits per heavy atom. The number of unbranched alkanes of at least 4 members (excludes halogenated alkanes) is 4. The van der Waals surface area contributed by atoms with Crippen molar-refractivity contribution in [3.05, 3.63) is 47.7 Å². The summed E-state index contributed by atoms with van der Waals surface area (Å²) in [5.74, 6) is 0. The number of carbonyl (C=O) groups is 1. The van der Waals surface area contributed by atoms with Gasteiger partial charge in [0.1, 0.15) is 6.29 Å². The van der Waals surface area contributed by atoms with Crippen LogP contribution >= 0.6 is 0 Å². The zero-order valence-electron chi connectivity index (χ0n) is 8.96. The highest BCUT2D eigenvalue weighted by Crippen LogP contribution is 2.02. The van der Waals surface area contributed by atoms with Gasteiger partial charge in [0.15, 0.2) is 0 Å². The Hall–Kier alpha value is -1.73. The average Bonchev–Trinajstić information content (AvgIpc) is 2.26. The predicted octanol–water partition coefficient (Wildman–Crippen LogP) is 3.50. The van der Waals surface area contributed by atoms with E-state index in [9.17, 15) is 4.79 Å². The lowest BCUT2D eigenvalue weighted by atomic mass is 10.1. The predicted molar refractivity (Wildman–Crippen MR) is 62.5 cm³/mol. The van der Waals surface area contributed by atoms with Gasteiger partial charge in [-0.15, -0.1) is 0 Å². The van der Waals surface area contributed by atoms with E-state index in [1.165, 1.54) is 0 Å². The van der Waals surface area contributed by atoms with E-state index in [0.29, 0.717) is 6.42 Å². The molecule has 15 heavy (non-hydrogen) atoms. The van der Waals surface area contributed by atoms with Gasteiger partial charge in [-0.05, 0) is 43.4 Å². The maximum absolute atomic E-state index is 10.0. The molecule has 0 aliphatic rings. The standard InChI is InChI=1S/C14H16O/c1-2-3-4-5-6-7-8-9-10-11-12-13-14-15/h6-8,14H,1,9-13H2/b8-7+. The first-order valence-electron chi connectivity index (χ1n) is 5.11. The third-order valence-electron chi connectivity index (χ3n) is 1.73. The van der Waals surface area contributed by atoms with Crippen LogP contribution in [-0.2, 0) is 4.79 Å². The van der Waals surface area contributed by atoms with E-state index in [1.807, 2.05) is 6.08 Å². The SMILES string of the molecule is C=C=C=C=C=C/C=C/CCCCCC=O. The molecule has 0 saturated carbocycles. The van der Waals surface area contributed by atoms with Crippen LogP contribution < -0.4 is 0 Å². The molecule has 0 rings (SSSR count). The molecule has 0 aliphatic carbocycles. The molecular weight excluding hydrogens is 184 g/mol. The topological polar surface area (TPSA) is 17.1 Å². The van der Waals surface area contributed by atoms with Crippen molar-refractivity contribution in [3.63, 3.8) is 0 Å². The minimum Gasteiger partial charge on any atom is -0.303 e. The van der Waals surface area contributed by atoms with Crippen molar-refractivity contribution in [1.82, 2.24) is 0 Å². The van der Waals surface area contributed by atoms with Crippen LogP contribution in [0.25, 0.3) is 0 Å². The van der Waals surface area contributed by atoms with E-state index in [1.54, 1.807) is 6.08 Å². The zero-order valence-corrected chi connectivity index (χ0v) is 8.96. The fourth-order valence-electron chi connectivity index (χ4n) is 1.00. The van der Waals surface area contributed by atoms with Crippen LogP contribution in [0.3, 0.4) is 0 Å². The Morgan fingerprint density at radius 3 is 2.60 bits per heavy atom. The monoisotopic (exact) mass is 200 g/mol. The van der Waals surface area contributed by atoms with Crippen molar-refractivity contribution >= 4 is 6.29 Å². The quantitative estimate of drug-likeness (QED) is 0.266. The molecule has 0 unspecified atom stereocenters. The van der Waals surface area contributed by atoms with Crippen LogP contribution in [0.5, 0.6) is 0 Å². The second kappa shape index (κ2) is 12.3. The van der Waals surface area contributed by atoms with Crippen molar-refractivity contribution in [2.75, 3.05) is 0 Å². The Morgan fingerprint density at radius 1 is 1.07 bits per heavy atom. The highest BCUT2D eigenvalue weighted by Gasteiger charge is 1.85. The number of aldehydes is 1. The number of allylic oxidation sites excluding steroid dienone is 3. The molecule has 0 aromatic carbocycles. The van der Waals surface area contributed by atoms with Gasteiger partial charge in [-0.3, -0.25) is 0 Å². The molecule has 0 saturated heterocycles. The molecule has 78 valence electrons. The molecule has 0 amide bonds. The lowest BCUT2D eigenvalue weighted by molar-refractivity contribution is -0.107. The first-order valence-corrected chi connectivity index (χ1v) is 5.11. The second-order valence-corrected chi connectivity index (χ2v) is 2.97. The van der Waals surface area contributed by atoms with Crippen molar-refractivity contribution in [3.8, 4) is 0 Å². The highest BCUT2D eigenvalue weighted by atomic mass is 16.1. The summed E-state index contributed by atoms with van der Waals surface area (Å²) in [5.41, 5.74) is 10.4. The van der Waals surface area contributed by atoms with Gasteiger partial charge in [-0.2, -0.15) is 0 Å². The molecule has 0 radical (unpaired) electrons. The van der Waals surface area contributed by atoms with Crippen molar-refractivity contribution in [1.29, 1.82) is 0 Å². The van der Waals surface area contributed by atoms with Crippen molar-refractivity contribution in [2.45, 2.75) is 32.1 Å². The van der Waals surface area contributed by atoms with E-state index in [4.69, 9.17) is 0 Å². The normalized spacial score (nSPS) is 8.53. The molecule has 0 fully saturated rings. The maximum atomic E-state index is 10.0. The van der Waals surface area contributed by atoms with Crippen LogP contribution in [0.1, 0.15) is 32.1 Å². The first-order chi connectivity index (χ1) is 7.41. The summed E-state index contributed by atoms with van der Waals surface area (Å²) in [6.07, 6.45) is 11.7. The molecule has 1 heteroatoms. The Labute approximate surface area is 91.5 Å². The minimum atomic E-state index is 0.686. The molecule has 0 heterocycles. The molecule has 0 atom stereocenters. The van der Waals surface area contributed by atoms with Gasteiger partial charge in [0.2, 0.25) is 0 Å². The van der Waals surface area contributed by atoms with Gasteiger partial charge in [0.25, 0.3) is 0 Å². The number of carbonyl (C=O) groups excluding carboxylic acids is 1. The minimum absolute atomic E-state index is 0.686. The third-order valence-corrected chi connectivity index (χ3v) is 1.73. The summed E-state index contributed by atoms with van der Waals surface area (Å²) in [6.45, 7) is 3.35. The third kappa shape index (κ3) is 12.3. The number of rotatable bonds is 7. The number of hydrogen-bond acceptors (Lipinski definition) is 1. The van der Waals surface area contributed by atoms with Crippen LogP contribution in [0.15, 0.2) is 47.7 Å². The van der Waals surface area contributed by atoms with Crippen LogP contribution in [-0.4, -0.2) is 6.29 Å². The van der Waals surface area contributed by atoms with Gasteiger partial charge in [-0.1, -0.05) is 30.0 Å². The summed E-state index contributed by atoms with van der Waals surface area (Å²) < 4.78 is 0. The van der Waals surface area contributed by atoms with Crippen LogP contribution in [0.2, 0.25) is 0 Å². The largest absolute Gasteiger partial charge is 0.303 e. The molecule has 0 N–H and O–H groups in total. The molecule has 0 spiro atoms. The van der Waals surface area contributed by atoms with E-state index < -0.39 is 0 Å². The van der Waals surface area contributed by atoms with Gasteiger partial charge in [0, 0.05) is 6.42 Å². The average molecular weight is 200 g/mol. The molecule has 1 nitrogen and oxygen atoms in total. The highest BCUT2D eigenvalue weighted by molar-refractivity contribution is 5.48. The first kappa shape index (κ1) is 13.3. The van der Waals surface area contributed by atoms with E-state index in [2.05, 4.69) is 35.6 Å². The summed E-state index contributed by atoms with van der Waals surface area (Å²) in [7, 11) is 0. The van der Waals surface area contributed by atoms with Gasteiger partial charge < -0.3 is 4.79 Å². The zero-order chi connectivity index (χ0) is 11.2. The number of hydrogen-bond donors (Lipinski definition) is 0. The Kier molecular flexibility index (Phi) is 10.9. The lowest BCUT2D eigenvalue weighted by Gasteiger charge is -1.92. The van der Waals surface area contributed by atoms with Crippen LogP contribution in [0, 0.1) is 0 Å². The summed E-state index contributed by atoms with van der Waals surface area (Å²) in [4.78, 5) is 10.0. The van der Waals surface area contributed by atoms with Gasteiger partial charge >= 0.3 is 0 Å². The van der Waals surface area contributed by atoms with E-state index in [-0.39, 0.29) is 0 Å². The van der Waals surface area contributed by atoms with Crippen molar-refractivity contribution < 1.29 is 4.79 Å². The molecule has 0 aliphatic heterocycles. The molecule has 0 aromatic heterocycles. The molecular formula is C14H16O. The van der Waals surface area contributed by atoms with E-state index in [0.717, 1.165) is 32.0 Å². The van der Waals surface area contributed by atoms with Crippen LogP contribution in [0.4, 0.5) is 0 Å².